The highest BCUT2D eigenvalue weighted by atomic mass is 16.6. The van der Waals surface area contributed by atoms with Gasteiger partial charge >= 0.3 is 23.9 Å². The van der Waals surface area contributed by atoms with Crippen LogP contribution in [0.5, 0.6) is 0 Å². The van der Waals surface area contributed by atoms with E-state index in [1.54, 1.807) is 0 Å². The summed E-state index contributed by atoms with van der Waals surface area (Å²) < 4.78 is 21.6. The van der Waals surface area contributed by atoms with Crippen molar-refractivity contribution < 1.29 is 38.1 Å². The second-order valence-electron chi connectivity index (χ2n) is 11.8. The number of hydrogen-bond donors (Lipinski definition) is 0. The van der Waals surface area contributed by atoms with E-state index in [1.807, 2.05) is 0 Å². The molecule has 0 bridgehead atoms. The first-order valence-electron chi connectivity index (χ1n) is 17.5. The maximum atomic E-state index is 12.3. The summed E-state index contributed by atoms with van der Waals surface area (Å²) in [4.78, 5) is 47.8. The molecule has 0 radical (unpaired) electrons. The van der Waals surface area contributed by atoms with Crippen LogP contribution in [0.2, 0.25) is 0 Å². The molecule has 0 heterocycles. The molecule has 8 heteroatoms. The highest BCUT2D eigenvalue weighted by Crippen LogP contribution is 2.17. The Bertz CT molecular complexity index is 708. The van der Waals surface area contributed by atoms with Gasteiger partial charge in [0.05, 0.1) is 0 Å². The fraction of sp³-hybridized carbons (Fsp3) is 0.886. The monoisotopic (exact) mass is 612 g/mol. The lowest BCUT2D eigenvalue weighted by Crippen LogP contribution is -2.30. The fourth-order valence-corrected chi connectivity index (χ4v) is 4.91. The molecule has 8 nitrogen and oxygen atoms in total. The lowest BCUT2D eigenvalue weighted by molar-refractivity contribution is -0.167. The molecule has 0 aliphatic rings. The largest absolute Gasteiger partial charge is 0.463 e. The molecular weight excluding hydrogens is 548 g/mol. The van der Waals surface area contributed by atoms with E-state index < -0.39 is 6.10 Å². The average Bonchev–Trinajstić information content (AvgIpc) is 2.97. The predicted octanol–water partition coefficient (Wildman–Crippen LogP) is 8.95. The van der Waals surface area contributed by atoms with Crippen LogP contribution in [0.15, 0.2) is 0 Å². The van der Waals surface area contributed by atoms with Gasteiger partial charge < -0.3 is 18.9 Å². The van der Waals surface area contributed by atoms with Crippen LogP contribution in [-0.2, 0) is 38.1 Å². The highest BCUT2D eigenvalue weighted by Gasteiger charge is 2.19. The van der Waals surface area contributed by atoms with Crippen molar-refractivity contribution in [2.75, 3.05) is 13.2 Å². The Balaban J connectivity index is 4.12. The maximum absolute atomic E-state index is 12.3. The third-order valence-corrected chi connectivity index (χ3v) is 7.50. The summed E-state index contributed by atoms with van der Waals surface area (Å²) in [7, 11) is 0. The van der Waals surface area contributed by atoms with Crippen molar-refractivity contribution >= 4 is 23.9 Å². The minimum absolute atomic E-state index is 0.0628. The summed E-state index contributed by atoms with van der Waals surface area (Å²) >= 11 is 0. The number of ether oxygens (including phenoxy) is 4. The van der Waals surface area contributed by atoms with Crippen molar-refractivity contribution in [3.05, 3.63) is 0 Å². The van der Waals surface area contributed by atoms with Gasteiger partial charge in [0.2, 0.25) is 0 Å². The van der Waals surface area contributed by atoms with Gasteiger partial charge in [-0.05, 0) is 44.9 Å². The Morgan fingerprint density at radius 2 is 0.814 bits per heavy atom. The van der Waals surface area contributed by atoms with Crippen molar-refractivity contribution in [3.8, 4) is 0 Å². The van der Waals surface area contributed by atoms with E-state index in [2.05, 4.69) is 20.8 Å². The molecule has 0 rings (SSSR count). The van der Waals surface area contributed by atoms with Gasteiger partial charge in [0.25, 0.3) is 0 Å². The molecule has 0 aliphatic carbocycles. The maximum Gasteiger partial charge on any atom is 0.306 e. The standard InChI is InChI=1S/C35H64O8/c1-5-8-11-20-23-31(42-30(4)36)24-21-16-14-12-13-15-17-22-26-34(38)41-29-32(43-35(39)27-19-10-7-3)28-40-33(37)25-18-9-6-2/h31-32H,5-29H2,1-4H3. The second-order valence-corrected chi connectivity index (χ2v) is 11.8. The van der Waals surface area contributed by atoms with E-state index in [4.69, 9.17) is 18.9 Å². The van der Waals surface area contributed by atoms with Crippen molar-refractivity contribution in [1.82, 2.24) is 0 Å². The zero-order valence-corrected chi connectivity index (χ0v) is 28.1. The Kier molecular flexibility index (Phi) is 28.5. The smallest absolute Gasteiger partial charge is 0.306 e. The van der Waals surface area contributed by atoms with Crippen LogP contribution in [0.3, 0.4) is 0 Å². The third kappa shape index (κ3) is 28.4. The molecule has 0 aliphatic heterocycles. The minimum atomic E-state index is -0.779. The molecular formula is C35H64O8. The third-order valence-electron chi connectivity index (χ3n) is 7.50. The molecule has 0 saturated heterocycles. The van der Waals surface area contributed by atoms with Gasteiger partial charge in [0.1, 0.15) is 19.3 Å². The summed E-state index contributed by atoms with van der Waals surface area (Å²) in [5, 5.41) is 0. The van der Waals surface area contributed by atoms with Gasteiger partial charge in [-0.2, -0.15) is 0 Å². The first-order chi connectivity index (χ1) is 20.8. The molecule has 0 aromatic rings. The summed E-state index contributed by atoms with van der Waals surface area (Å²) in [6.07, 6.45) is 20.9. The first kappa shape index (κ1) is 40.9. The molecule has 0 fully saturated rings. The lowest BCUT2D eigenvalue weighted by Gasteiger charge is -2.18. The number of esters is 4. The molecule has 0 spiro atoms. The van der Waals surface area contributed by atoms with Crippen molar-refractivity contribution in [1.29, 1.82) is 0 Å². The molecule has 0 amide bonds. The van der Waals surface area contributed by atoms with Crippen LogP contribution in [0.4, 0.5) is 0 Å². The number of carbonyl (C=O) groups excluding carboxylic acids is 4. The van der Waals surface area contributed by atoms with Gasteiger partial charge in [-0.1, -0.05) is 104 Å². The molecule has 252 valence electrons. The van der Waals surface area contributed by atoms with Gasteiger partial charge in [-0.25, -0.2) is 0 Å². The summed E-state index contributed by atoms with van der Waals surface area (Å²) in [5.74, 6) is -1.18. The Morgan fingerprint density at radius 1 is 0.442 bits per heavy atom. The van der Waals surface area contributed by atoms with Gasteiger partial charge in [-0.3, -0.25) is 19.2 Å². The van der Waals surface area contributed by atoms with Gasteiger partial charge in [-0.15, -0.1) is 0 Å². The van der Waals surface area contributed by atoms with Crippen LogP contribution in [0, 0.1) is 0 Å². The van der Waals surface area contributed by atoms with Crippen LogP contribution >= 0.6 is 0 Å². The van der Waals surface area contributed by atoms with E-state index in [9.17, 15) is 19.2 Å². The van der Waals surface area contributed by atoms with Crippen LogP contribution < -0.4 is 0 Å². The predicted molar refractivity (Wildman–Crippen MR) is 171 cm³/mol. The van der Waals surface area contributed by atoms with Gasteiger partial charge in [0, 0.05) is 26.2 Å². The second kappa shape index (κ2) is 29.9. The van der Waals surface area contributed by atoms with E-state index in [0.717, 1.165) is 96.3 Å². The van der Waals surface area contributed by atoms with Crippen LogP contribution in [0.25, 0.3) is 0 Å². The SMILES string of the molecule is CCCCCCC(CCCCCCCCCCC(=O)OCC(COC(=O)CCCCC)OC(=O)CCCCC)OC(C)=O. The Morgan fingerprint density at radius 3 is 1.28 bits per heavy atom. The number of carbonyl (C=O) groups is 4. The van der Waals surface area contributed by atoms with E-state index in [1.165, 1.54) is 39.0 Å². The van der Waals surface area contributed by atoms with Crippen molar-refractivity contribution in [2.45, 2.75) is 188 Å². The molecule has 43 heavy (non-hydrogen) atoms. The lowest BCUT2D eigenvalue weighted by atomic mass is 10.0. The Hall–Kier alpha value is -2.12. The normalized spacial score (nSPS) is 12.4. The first-order valence-corrected chi connectivity index (χ1v) is 17.5. The zero-order valence-electron chi connectivity index (χ0n) is 28.1. The molecule has 0 N–H and O–H groups in total. The number of unbranched alkanes of at least 4 members (excludes halogenated alkanes) is 14. The van der Waals surface area contributed by atoms with E-state index in [0.29, 0.717) is 19.3 Å². The van der Waals surface area contributed by atoms with Crippen LogP contribution in [-0.4, -0.2) is 49.3 Å². The molecule has 2 atom stereocenters. The van der Waals surface area contributed by atoms with Crippen molar-refractivity contribution in [3.63, 3.8) is 0 Å². The quantitative estimate of drug-likeness (QED) is 0.0450. The van der Waals surface area contributed by atoms with Gasteiger partial charge in [0.15, 0.2) is 6.10 Å². The van der Waals surface area contributed by atoms with Crippen molar-refractivity contribution in [2.24, 2.45) is 0 Å². The van der Waals surface area contributed by atoms with E-state index in [-0.39, 0.29) is 43.2 Å². The summed E-state index contributed by atoms with van der Waals surface area (Å²) in [6, 6.07) is 0. The highest BCUT2D eigenvalue weighted by molar-refractivity contribution is 5.71. The fourth-order valence-electron chi connectivity index (χ4n) is 4.91. The minimum Gasteiger partial charge on any atom is -0.463 e. The zero-order chi connectivity index (χ0) is 32.0. The van der Waals surface area contributed by atoms with E-state index >= 15 is 0 Å². The molecule has 0 aromatic carbocycles. The topological polar surface area (TPSA) is 105 Å². The van der Waals surface area contributed by atoms with Crippen LogP contribution in [0.1, 0.15) is 175 Å². The Labute approximate surface area is 262 Å². The number of rotatable bonds is 30. The summed E-state index contributed by atoms with van der Waals surface area (Å²) in [5.41, 5.74) is 0. The molecule has 0 aromatic heterocycles. The molecule has 2 unspecified atom stereocenters. The average molecular weight is 613 g/mol. The molecule has 0 saturated carbocycles. The summed E-state index contributed by atoms with van der Waals surface area (Å²) in [6.45, 7) is 7.63. The number of hydrogen-bond acceptors (Lipinski definition) is 8.